The molecule has 2 aromatic rings. The average molecular weight is 344 g/mol. The number of nitrogens with zero attached hydrogens (tertiary/aromatic N) is 2. The van der Waals surface area contributed by atoms with Crippen LogP contribution in [0.15, 0.2) is 24.3 Å². The van der Waals surface area contributed by atoms with Gasteiger partial charge < -0.3 is 15.7 Å². The number of aliphatic carboxylic acids is 1. The first-order valence-electron chi connectivity index (χ1n) is 7.79. The monoisotopic (exact) mass is 344 g/mol. The Hall–Kier alpha value is -3.16. The highest BCUT2D eigenvalue weighted by atomic mass is 16.4. The van der Waals surface area contributed by atoms with E-state index >= 15 is 0 Å². The number of benzene rings is 1. The summed E-state index contributed by atoms with van der Waals surface area (Å²) in [5, 5.41) is 17.9. The zero-order valence-electron chi connectivity index (χ0n) is 14.3. The number of rotatable bonds is 6. The van der Waals surface area contributed by atoms with E-state index in [1.807, 2.05) is 13.8 Å². The molecule has 0 atom stereocenters. The Labute approximate surface area is 144 Å². The van der Waals surface area contributed by atoms with Crippen LogP contribution in [-0.4, -0.2) is 39.2 Å². The zero-order valence-corrected chi connectivity index (χ0v) is 14.3. The second-order valence-corrected chi connectivity index (χ2v) is 5.47. The van der Waals surface area contributed by atoms with Gasteiger partial charge in [0.15, 0.2) is 0 Å². The Bertz CT molecular complexity index is 809. The predicted molar refractivity (Wildman–Crippen MR) is 91.7 cm³/mol. The lowest BCUT2D eigenvalue weighted by atomic mass is 10.1. The van der Waals surface area contributed by atoms with Crippen molar-refractivity contribution in [1.82, 2.24) is 15.1 Å². The molecule has 1 aromatic carbocycles. The van der Waals surface area contributed by atoms with E-state index in [1.165, 1.54) is 12.1 Å². The summed E-state index contributed by atoms with van der Waals surface area (Å²) in [4.78, 5) is 34.7. The van der Waals surface area contributed by atoms with Crippen molar-refractivity contribution in [2.24, 2.45) is 0 Å². The van der Waals surface area contributed by atoms with Gasteiger partial charge in [0.25, 0.3) is 11.8 Å². The van der Waals surface area contributed by atoms with Gasteiger partial charge in [0.1, 0.15) is 6.54 Å². The van der Waals surface area contributed by atoms with Crippen LogP contribution >= 0.6 is 0 Å². The smallest absolute Gasteiger partial charge is 0.322 e. The van der Waals surface area contributed by atoms with Crippen LogP contribution in [0, 0.1) is 13.8 Å². The molecule has 0 saturated carbocycles. The van der Waals surface area contributed by atoms with Crippen molar-refractivity contribution in [3.8, 4) is 0 Å². The third kappa shape index (κ3) is 4.23. The lowest BCUT2D eigenvalue weighted by molar-refractivity contribution is -0.135. The maximum Gasteiger partial charge on any atom is 0.322 e. The molecule has 0 aliphatic heterocycles. The minimum Gasteiger partial charge on any atom is -0.480 e. The molecule has 0 radical (unpaired) electrons. The fourth-order valence-corrected chi connectivity index (χ4v) is 2.49. The van der Waals surface area contributed by atoms with Gasteiger partial charge in [-0.05, 0) is 45.0 Å². The molecule has 0 saturated heterocycles. The molecule has 25 heavy (non-hydrogen) atoms. The second kappa shape index (κ2) is 7.61. The molecule has 0 aliphatic rings. The number of aromatic nitrogens is 2. The van der Waals surface area contributed by atoms with Gasteiger partial charge in [0, 0.05) is 23.5 Å². The molecule has 0 fully saturated rings. The van der Waals surface area contributed by atoms with Gasteiger partial charge in [-0.3, -0.25) is 19.1 Å². The van der Waals surface area contributed by atoms with E-state index in [4.69, 9.17) is 5.11 Å². The average Bonchev–Trinajstić information content (AvgIpc) is 2.87. The molecule has 8 heteroatoms. The van der Waals surface area contributed by atoms with E-state index in [2.05, 4.69) is 15.7 Å². The molecule has 0 aliphatic carbocycles. The maximum absolute atomic E-state index is 12.5. The summed E-state index contributed by atoms with van der Waals surface area (Å²) >= 11 is 0. The number of carbonyl (C=O) groups is 3. The highest BCUT2D eigenvalue weighted by Gasteiger charge is 2.18. The lowest BCUT2D eigenvalue weighted by Gasteiger charge is -2.07. The van der Waals surface area contributed by atoms with Crippen molar-refractivity contribution < 1.29 is 19.5 Å². The van der Waals surface area contributed by atoms with Gasteiger partial charge in [0.05, 0.1) is 11.3 Å². The van der Waals surface area contributed by atoms with Gasteiger partial charge in [-0.15, -0.1) is 0 Å². The SMILES string of the molecule is CCn1nc(C)c(C(=O)Nc2ccc(C(=O)NCC(=O)O)cc2)c1C. The number of carboxylic acids is 1. The zero-order chi connectivity index (χ0) is 18.6. The largest absolute Gasteiger partial charge is 0.480 e. The molecular weight excluding hydrogens is 324 g/mol. The van der Waals surface area contributed by atoms with E-state index in [1.54, 1.807) is 23.7 Å². The maximum atomic E-state index is 12.5. The van der Waals surface area contributed by atoms with Gasteiger partial charge in [-0.1, -0.05) is 0 Å². The van der Waals surface area contributed by atoms with Crippen LogP contribution in [0.4, 0.5) is 5.69 Å². The number of anilines is 1. The first-order valence-corrected chi connectivity index (χ1v) is 7.79. The van der Waals surface area contributed by atoms with Crippen LogP contribution in [-0.2, 0) is 11.3 Å². The van der Waals surface area contributed by atoms with Gasteiger partial charge >= 0.3 is 5.97 Å². The van der Waals surface area contributed by atoms with Gasteiger partial charge in [-0.2, -0.15) is 5.10 Å². The molecular formula is C17H20N4O4. The summed E-state index contributed by atoms with van der Waals surface area (Å²) in [6.45, 7) is 5.81. The molecule has 0 spiro atoms. The summed E-state index contributed by atoms with van der Waals surface area (Å²) in [7, 11) is 0. The van der Waals surface area contributed by atoms with Crippen molar-refractivity contribution >= 4 is 23.5 Å². The lowest BCUT2D eigenvalue weighted by Crippen LogP contribution is -2.29. The summed E-state index contributed by atoms with van der Waals surface area (Å²) in [5.74, 6) is -1.87. The molecule has 1 heterocycles. The molecule has 0 unspecified atom stereocenters. The fourth-order valence-electron chi connectivity index (χ4n) is 2.49. The number of carbonyl (C=O) groups excluding carboxylic acids is 2. The predicted octanol–water partition coefficient (Wildman–Crippen LogP) is 1.59. The van der Waals surface area contributed by atoms with Crippen molar-refractivity contribution in [2.45, 2.75) is 27.3 Å². The van der Waals surface area contributed by atoms with E-state index in [0.29, 0.717) is 29.1 Å². The first kappa shape index (κ1) is 18.2. The highest BCUT2D eigenvalue weighted by Crippen LogP contribution is 2.16. The summed E-state index contributed by atoms with van der Waals surface area (Å²) in [5.41, 5.74) is 2.82. The Morgan fingerprint density at radius 3 is 2.28 bits per heavy atom. The Kier molecular flexibility index (Phi) is 5.53. The van der Waals surface area contributed by atoms with Crippen LogP contribution in [0.5, 0.6) is 0 Å². The number of hydrogen-bond acceptors (Lipinski definition) is 4. The quantitative estimate of drug-likeness (QED) is 0.736. The molecule has 2 amide bonds. The van der Waals surface area contributed by atoms with Crippen LogP contribution in [0.2, 0.25) is 0 Å². The fraction of sp³-hybridized carbons (Fsp3) is 0.294. The number of amides is 2. The summed E-state index contributed by atoms with van der Waals surface area (Å²) < 4.78 is 1.76. The second-order valence-electron chi connectivity index (χ2n) is 5.47. The van der Waals surface area contributed by atoms with Crippen molar-refractivity contribution in [1.29, 1.82) is 0 Å². The van der Waals surface area contributed by atoms with Crippen molar-refractivity contribution in [2.75, 3.05) is 11.9 Å². The standard InChI is InChI=1S/C17H20N4O4/c1-4-21-11(3)15(10(2)20-21)17(25)19-13-7-5-12(6-8-13)16(24)18-9-14(22)23/h5-8H,4,9H2,1-3H3,(H,18,24)(H,19,25)(H,22,23). The molecule has 8 nitrogen and oxygen atoms in total. The highest BCUT2D eigenvalue weighted by molar-refractivity contribution is 6.06. The molecule has 3 N–H and O–H groups in total. The van der Waals surface area contributed by atoms with Crippen LogP contribution in [0.1, 0.15) is 39.0 Å². The number of carboxylic acid groups (broad SMARTS) is 1. The van der Waals surface area contributed by atoms with Crippen LogP contribution in [0.25, 0.3) is 0 Å². The van der Waals surface area contributed by atoms with E-state index in [9.17, 15) is 14.4 Å². The normalized spacial score (nSPS) is 10.4. The van der Waals surface area contributed by atoms with Crippen LogP contribution < -0.4 is 10.6 Å². The van der Waals surface area contributed by atoms with E-state index < -0.39 is 18.4 Å². The van der Waals surface area contributed by atoms with Crippen LogP contribution in [0.3, 0.4) is 0 Å². The molecule has 132 valence electrons. The Balaban J connectivity index is 2.08. The third-order valence-corrected chi connectivity index (χ3v) is 3.71. The minimum absolute atomic E-state index is 0.266. The molecule has 1 aromatic heterocycles. The van der Waals surface area contributed by atoms with E-state index in [-0.39, 0.29) is 5.91 Å². The van der Waals surface area contributed by atoms with Crippen molar-refractivity contribution in [3.63, 3.8) is 0 Å². The minimum atomic E-state index is -1.12. The number of hydrogen-bond donors (Lipinski definition) is 3. The number of nitrogens with one attached hydrogen (secondary N) is 2. The first-order chi connectivity index (χ1) is 11.8. The Morgan fingerprint density at radius 2 is 1.76 bits per heavy atom. The van der Waals surface area contributed by atoms with E-state index in [0.717, 1.165) is 5.69 Å². The topological polar surface area (TPSA) is 113 Å². The van der Waals surface area contributed by atoms with Gasteiger partial charge in [-0.25, -0.2) is 0 Å². The summed E-state index contributed by atoms with van der Waals surface area (Å²) in [6.07, 6.45) is 0. The number of aryl methyl sites for hydroxylation is 2. The molecule has 0 bridgehead atoms. The van der Waals surface area contributed by atoms with Gasteiger partial charge in [0.2, 0.25) is 0 Å². The van der Waals surface area contributed by atoms with Crippen molar-refractivity contribution in [3.05, 3.63) is 46.8 Å². The Morgan fingerprint density at radius 1 is 1.12 bits per heavy atom. The summed E-state index contributed by atoms with van der Waals surface area (Å²) in [6, 6.07) is 6.20. The third-order valence-electron chi connectivity index (χ3n) is 3.71. The molecule has 2 rings (SSSR count).